The van der Waals surface area contributed by atoms with Gasteiger partial charge in [0.05, 0.1) is 17.7 Å². The Hall–Kier alpha value is -2.83. The summed E-state index contributed by atoms with van der Waals surface area (Å²) in [5, 5.41) is 8.34. The predicted octanol–water partition coefficient (Wildman–Crippen LogP) is 4.33. The number of halogens is 3. The van der Waals surface area contributed by atoms with Crippen LogP contribution in [-0.4, -0.2) is 21.4 Å². The van der Waals surface area contributed by atoms with Crippen LogP contribution in [0.2, 0.25) is 0 Å². The van der Waals surface area contributed by atoms with E-state index >= 15 is 0 Å². The molecular formula is C18H14F3N3O. The molecule has 0 saturated carbocycles. The summed E-state index contributed by atoms with van der Waals surface area (Å²) in [5.74, 6) is 2.20. The number of nitrogens with zero attached hydrogens (tertiary/aromatic N) is 3. The van der Waals surface area contributed by atoms with Gasteiger partial charge >= 0.3 is 6.18 Å². The zero-order chi connectivity index (χ0) is 17.6. The van der Waals surface area contributed by atoms with Gasteiger partial charge in [-0.15, -0.1) is 10.2 Å². The number of fused-ring (bicyclic) bond motifs is 3. The molecule has 4 nitrogen and oxygen atoms in total. The first-order chi connectivity index (χ1) is 11.9. The monoisotopic (exact) mass is 345 g/mol. The summed E-state index contributed by atoms with van der Waals surface area (Å²) in [6.45, 7) is 3.04. The number of ether oxygens (including phenoxy) is 1. The second-order valence-electron chi connectivity index (χ2n) is 5.86. The molecule has 3 aromatic rings. The van der Waals surface area contributed by atoms with E-state index in [0.717, 1.165) is 29.1 Å². The minimum atomic E-state index is -4.34. The van der Waals surface area contributed by atoms with Crippen molar-refractivity contribution in [2.75, 3.05) is 6.61 Å². The van der Waals surface area contributed by atoms with E-state index in [-0.39, 0.29) is 0 Å². The van der Waals surface area contributed by atoms with Gasteiger partial charge in [-0.3, -0.25) is 0 Å². The standard InChI is InChI=1S/C18H14F3N3O/c1-11-22-23-17-15-10-13(4-7-16(15)25-9-8-24(11)17)12-2-5-14(6-3-12)18(19,20)21/h2-7,10H,8-9H2,1H3. The third-order valence-corrected chi connectivity index (χ3v) is 4.27. The Kier molecular flexibility index (Phi) is 3.52. The smallest absolute Gasteiger partial charge is 0.416 e. The molecule has 0 spiro atoms. The average Bonchev–Trinajstić information content (AvgIpc) is 2.85. The van der Waals surface area contributed by atoms with Gasteiger partial charge < -0.3 is 9.30 Å². The number of hydrogen-bond donors (Lipinski definition) is 0. The van der Waals surface area contributed by atoms with Crippen LogP contribution in [0.15, 0.2) is 42.5 Å². The number of alkyl halides is 3. The van der Waals surface area contributed by atoms with Crippen LogP contribution in [0.25, 0.3) is 22.5 Å². The summed E-state index contributed by atoms with van der Waals surface area (Å²) in [4.78, 5) is 0. The fraction of sp³-hybridized carbons (Fsp3) is 0.222. The summed E-state index contributed by atoms with van der Waals surface area (Å²) < 4.78 is 45.9. The molecule has 128 valence electrons. The molecule has 7 heteroatoms. The highest BCUT2D eigenvalue weighted by Crippen LogP contribution is 2.36. The van der Waals surface area contributed by atoms with Crippen molar-refractivity contribution in [3.63, 3.8) is 0 Å². The molecule has 0 aliphatic carbocycles. The molecule has 1 aromatic heterocycles. The topological polar surface area (TPSA) is 39.9 Å². The van der Waals surface area contributed by atoms with E-state index in [4.69, 9.17) is 4.74 Å². The predicted molar refractivity (Wildman–Crippen MR) is 86.1 cm³/mol. The molecule has 2 heterocycles. The Morgan fingerprint density at radius 2 is 1.72 bits per heavy atom. The lowest BCUT2D eigenvalue weighted by atomic mass is 10.0. The van der Waals surface area contributed by atoms with Crippen molar-refractivity contribution < 1.29 is 17.9 Å². The summed E-state index contributed by atoms with van der Waals surface area (Å²) in [6, 6.07) is 10.6. The molecule has 0 saturated heterocycles. The van der Waals surface area contributed by atoms with Gasteiger partial charge in [0, 0.05) is 0 Å². The molecule has 0 fully saturated rings. The fourth-order valence-electron chi connectivity index (χ4n) is 2.96. The molecule has 25 heavy (non-hydrogen) atoms. The van der Waals surface area contributed by atoms with Crippen LogP contribution < -0.4 is 4.74 Å². The van der Waals surface area contributed by atoms with Crippen molar-refractivity contribution in [2.45, 2.75) is 19.6 Å². The fourth-order valence-corrected chi connectivity index (χ4v) is 2.96. The maximum Gasteiger partial charge on any atom is 0.416 e. The Balaban J connectivity index is 1.78. The number of aromatic nitrogens is 3. The van der Waals surface area contributed by atoms with Gasteiger partial charge in [0.15, 0.2) is 5.82 Å². The van der Waals surface area contributed by atoms with Crippen molar-refractivity contribution >= 4 is 0 Å². The van der Waals surface area contributed by atoms with Crippen molar-refractivity contribution in [3.8, 4) is 28.3 Å². The van der Waals surface area contributed by atoms with E-state index in [1.54, 1.807) is 0 Å². The maximum atomic E-state index is 12.7. The first-order valence-electron chi connectivity index (χ1n) is 7.78. The second-order valence-corrected chi connectivity index (χ2v) is 5.86. The van der Waals surface area contributed by atoms with Gasteiger partial charge in [0.2, 0.25) is 0 Å². The molecule has 1 aliphatic rings. The van der Waals surface area contributed by atoms with Gasteiger partial charge in [0.1, 0.15) is 18.2 Å². The van der Waals surface area contributed by atoms with Crippen molar-refractivity contribution in [3.05, 3.63) is 53.9 Å². The molecule has 0 unspecified atom stereocenters. The Morgan fingerprint density at radius 3 is 2.44 bits per heavy atom. The molecule has 0 N–H and O–H groups in total. The van der Waals surface area contributed by atoms with E-state index in [0.29, 0.717) is 30.3 Å². The summed E-state index contributed by atoms with van der Waals surface area (Å²) in [5.41, 5.74) is 1.62. The number of benzene rings is 2. The third kappa shape index (κ3) is 2.75. The van der Waals surface area contributed by atoms with Crippen LogP contribution in [0.4, 0.5) is 13.2 Å². The molecular weight excluding hydrogens is 331 g/mol. The zero-order valence-corrected chi connectivity index (χ0v) is 13.3. The van der Waals surface area contributed by atoms with Crippen LogP contribution in [0, 0.1) is 6.92 Å². The summed E-state index contributed by atoms with van der Waals surface area (Å²) >= 11 is 0. The van der Waals surface area contributed by atoms with Crippen molar-refractivity contribution in [1.82, 2.24) is 14.8 Å². The number of hydrogen-bond acceptors (Lipinski definition) is 3. The van der Waals surface area contributed by atoms with Crippen molar-refractivity contribution in [2.24, 2.45) is 0 Å². The highest BCUT2D eigenvalue weighted by molar-refractivity contribution is 5.75. The first kappa shape index (κ1) is 15.7. The van der Waals surface area contributed by atoms with Gasteiger partial charge in [-0.05, 0) is 42.3 Å². The van der Waals surface area contributed by atoms with Gasteiger partial charge in [-0.1, -0.05) is 18.2 Å². The summed E-state index contributed by atoms with van der Waals surface area (Å²) in [6.07, 6.45) is -4.34. The van der Waals surface area contributed by atoms with Crippen LogP contribution in [0.3, 0.4) is 0 Å². The van der Waals surface area contributed by atoms with Gasteiger partial charge in [-0.25, -0.2) is 0 Å². The maximum absolute atomic E-state index is 12.7. The Bertz CT molecular complexity index is 930. The highest BCUT2D eigenvalue weighted by atomic mass is 19.4. The molecule has 0 amide bonds. The van der Waals surface area contributed by atoms with Crippen molar-refractivity contribution in [1.29, 1.82) is 0 Å². The van der Waals surface area contributed by atoms with Crippen LogP contribution in [-0.2, 0) is 12.7 Å². The lowest BCUT2D eigenvalue weighted by molar-refractivity contribution is -0.137. The number of rotatable bonds is 1. The van der Waals surface area contributed by atoms with E-state index in [1.165, 1.54) is 12.1 Å². The quantitative estimate of drug-likeness (QED) is 0.659. The van der Waals surface area contributed by atoms with E-state index in [1.807, 2.05) is 29.7 Å². The third-order valence-electron chi connectivity index (χ3n) is 4.27. The lowest BCUT2D eigenvalue weighted by Crippen LogP contribution is -2.07. The normalized spacial score (nSPS) is 13.6. The van der Waals surface area contributed by atoms with E-state index in [9.17, 15) is 13.2 Å². The lowest BCUT2D eigenvalue weighted by Gasteiger charge is -2.10. The Morgan fingerprint density at radius 1 is 1.00 bits per heavy atom. The van der Waals surface area contributed by atoms with E-state index in [2.05, 4.69) is 10.2 Å². The van der Waals surface area contributed by atoms with Gasteiger partial charge in [-0.2, -0.15) is 13.2 Å². The SMILES string of the molecule is Cc1nnc2n1CCOc1ccc(-c3ccc(C(F)(F)F)cc3)cc1-2. The van der Waals surface area contributed by atoms with Crippen LogP contribution in [0.1, 0.15) is 11.4 Å². The molecule has 0 atom stereocenters. The molecule has 1 aliphatic heterocycles. The highest BCUT2D eigenvalue weighted by Gasteiger charge is 2.30. The van der Waals surface area contributed by atoms with Gasteiger partial charge in [0.25, 0.3) is 0 Å². The van der Waals surface area contributed by atoms with E-state index < -0.39 is 11.7 Å². The molecule has 0 bridgehead atoms. The largest absolute Gasteiger partial charge is 0.491 e. The second kappa shape index (κ2) is 5.61. The van der Waals surface area contributed by atoms with Crippen LogP contribution in [0.5, 0.6) is 5.75 Å². The van der Waals surface area contributed by atoms with Crippen LogP contribution >= 0.6 is 0 Å². The summed E-state index contributed by atoms with van der Waals surface area (Å²) in [7, 11) is 0. The average molecular weight is 345 g/mol. The zero-order valence-electron chi connectivity index (χ0n) is 13.3. The first-order valence-corrected chi connectivity index (χ1v) is 7.78. The molecule has 4 rings (SSSR count). The Labute approximate surface area is 141 Å². The number of aryl methyl sites for hydroxylation is 1. The minimum Gasteiger partial charge on any atom is -0.491 e. The molecule has 0 radical (unpaired) electrons. The minimum absolute atomic E-state index is 0.512. The molecule has 2 aromatic carbocycles.